The van der Waals surface area contributed by atoms with Crippen molar-refractivity contribution in [1.82, 2.24) is 0 Å². The van der Waals surface area contributed by atoms with Gasteiger partial charge in [-0.15, -0.1) is 0 Å². The summed E-state index contributed by atoms with van der Waals surface area (Å²) in [5, 5.41) is 8.63. The quantitative estimate of drug-likeness (QED) is 0.707. The van der Waals surface area contributed by atoms with Gasteiger partial charge >= 0.3 is 0 Å². The Hall–Kier alpha value is -1.49. The molecule has 0 radical (unpaired) electrons. The highest BCUT2D eigenvalue weighted by molar-refractivity contribution is 5.36. The molecule has 0 amide bonds. The van der Waals surface area contributed by atoms with Crippen molar-refractivity contribution >= 4 is 0 Å². The Morgan fingerprint density at radius 2 is 2.23 bits per heavy atom. The molecule has 1 aromatic carbocycles. The molecule has 2 heteroatoms. The molecule has 0 aliphatic rings. The van der Waals surface area contributed by atoms with Gasteiger partial charge in [0.25, 0.3) is 0 Å². The van der Waals surface area contributed by atoms with Gasteiger partial charge < -0.3 is 4.74 Å². The van der Waals surface area contributed by atoms with E-state index in [-0.39, 0.29) is 0 Å². The number of hydrogen-bond acceptors (Lipinski definition) is 2. The smallest absolute Gasteiger partial charge is 0.120 e. The Kier molecular flexibility index (Phi) is 3.33. The summed E-state index contributed by atoms with van der Waals surface area (Å²) in [6.45, 7) is 4.87. The van der Waals surface area contributed by atoms with Crippen LogP contribution in [-0.2, 0) is 0 Å². The molecule has 0 bridgehead atoms. The van der Waals surface area contributed by atoms with E-state index in [1.807, 2.05) is 12.1 Å². The van der Waals surface area contributed by atoms with Gasteiger partial charge in [-0.1, -0.05) is 19.9 Å². The molecule has 1 aromatic rings. The Labute approximate surface area is 78.8 Å². The summed E-state index contributed by atoms with van der Waals surface area (Å²) in [6.07, 6.45) is 0. The second kappa shape index (κ2) is 4.51. The maximum Gasteiger partial charge on any atom is 0.120 e. The molecule has 0 aliphatic carbocycles. The van der Waals surface area contributed by atoms with Crippen molar-refractivity contribution in [3.63, 3.8) is 0 Å². The van der Waals surface area contributed by atoms with Crippen molar-refractivity contribution in [3.8, 4) is 11.8 Å². The molecule has 0 spiro atoms. The highest BCUT2D eigenvalue weighted by Crippen LogP contribution is 2.13. The van der Waals surface area contributed by atoms with Crippen LogP contribution in [0.4, 0.5) is 0 Å². The minimum absolute atomic E-state index is 0.505. The Bertz CT molecular complexity index is 312. The van der Waals surface area contributed by atoms with E-state index < -0.39 is 0 Å². The summed E-state index contributed by atoms with van der Waals surface area (Å²) in [7, 11) is 0. The first-order valence-corrected chi connectivity index (χ1v) is 4.35. The molecule has 0 fully saturated rings. The molecule has 13 heavy (non-hydrogen) atoms. The van der Waals surface area contributed by atoms with Crippen LogP contribution in [0.3, 0.4) is 0 Å². The molecule has 1 rings (SSSR count). The summed E-state index contributed by atoms with van der Waals surface area (Å²) in [5.74, 6) is 1.28. The van der Waals surface area contributed by atoms with Gasteiger partial charge in [0.1, 0.15) is 5.75 Å². The van der Waals surface area contributed by atoms with Crippen molar-refractivity contribution in [2.75, 3.05) is 6.61 Å². The van der Waals surface area contributed by atoms with Crippen LogP contribution in [0.5, 0.6) is 5.75 Å². The maximum absolute atomic E-state index is 8.63. The molecule has 0 N–H and O–H groups in total. The van der Waals surface area contributed by atoms with E-state index in [0.717, 1.165) is 5.75 Å². The monoisotopic (exact) mass is 175 g/mol. The molecular weight excluding hydrogens is 162 g/mol. The first-order chi connectivity index (χ1) is 6.22. The topological polar surface area (TPSA) is 33.0 Å². The van der Waals surface area contributed by atoms with Crippen molar-refractivity contribution in [2.24, 2.45) is 5.92 Å². The third-order valence-electron chi connectivity index (χ3n) is 1.55. The SMILES string of the molecule is CC(C)COc1cccc(C#N)c1. The first kappa shape index (κ1) is 9.60. The third-order valence-corrected chi connectivity index (χ3v) is 1.55. The van der Waals surface area contributed by atoms with Crippen molar-refractivity contribution in [1.29, 1.82) is 5.26 Å². The first-order valence-electron chi connectivity index (χ1n) is 4.35. The number of nitriles is 1. The lowest BCUT2D eigenvalue weighted by molar-refractivity contribution is 0.271. The van der Waals surface area contributed by atoms with Gasteiger partial charge in [0.15, 0.2) is 0 Å². The fraction of sp³-hybridized carbons (Fsp3) is 0.364. The van der Waals surface area contributed by atoms with E-state index in [1.165, 1.54) is 0 Å². The number of ether oxygens (including phenoxy) is 1. The number of rotatable bonds is 3. The van der Waals surface area contributed by atoms with E-state index in [0.29, 0.717) is 18.1 Å². The van der Waals surface area contributed by atoms with Crippen molar-refractivity contribution < 1.29 is 4.74 Å². The average Bonchev–Trinajstić information content (AvgIpc) is 2.15. The highest BCUT2D eigenvalue weighted by atomic mass is 16.5. The molecule has 0 atom stereocenters. The van der Waals surface area contributed by atoms with Gasteiger partial charge in [-0.3, -0.25) is 0 Å². The number of benzene rings is 1. The van der Waals surface area contributed by atoms with Crippen LogP contribution in [0, 0.1) is 17.2 Å². The lowest BCUT2D eigenvalue weighted by Crippen LogP contribution is -2.04. The van der Waals surface area contributed by atoms with E-state index in [9.17, 15) is 0 Å². The molecule has 0 unspecified atom stereocenters. The van der Waals surface area contributed by atoms with Crippen LogP contribution in [0.25, 0.3) is 0 Å². The lowest BCUT2D eigenvalue weighted by atomic mass is 10.2. The van der Waals surface area contributed by atoms with Crippen LogP contribution < -0.4 is 4.74 Å². The number of nitrogens with zero attached hydrogens (tertiary/aromatic N) is 1. The summed E-state index contributed by atoms with van der Waals surface area (Å²) in [4.78, 5) is 0. The van der Waals surface area contributed by atoms with Gasteiger partial charge in [-0.2, -0.15) is 5.26 Å². The summed E-state index contributed by atoms with van der Waals surface area (Å²) < 4.78 is 5.46. The summed E-state index contributed by atoms with van der Waals surface area (Å²) >= 11 is 0. The predicted octanol–water partition coefficient (Wildman–Crippen LogP) is 2.59. The van der Waals surface area contributed by atoms with Crippen LogP contribution in [-0.4, -0.2) is 6.61 Å². The van der Waals surface area contributed by atoms with Crippen LogP contribution >= 0.6 is 0 Å². The number of hydrogen-bond donors (Lipinski definition) is 0. The fourth-order valence-electron chi connectivity index (χ4n) is 0.918. The van der Waals surface area contributed by atoms with Gasteiger partial charge in [0.05, 0.1) is 18.2 Å². The van der Waals surface area contributed by atoms with Crippen LogP contribution in [0.15, 0.2) is 24.3 Å². The van der Waals surface area contributed by atoms with E-state index >= 15 is 0 Å². The lowest BCUT2D eigenvalue weighted by Gasteiger charge is -2.07. The van der Waals surface area contributed by atoms with E-state index in [1.54, 1.807) is 12.1 Å². The zero-order valence-electron chi connectivity index (χ0n) is 7.95. The molecule has 0 heterocycles. The molecule has 0 aromatic heterocycles. The summed E-state index contributed by atoms with van der Waals surface area (Å²) in [6, 6.07) is 9.29. The molecule has 0 aliphatic heterocycles. The fourth-order valence-corrected chi connectivity index (χ4v) is 0.918. The van der Waals surface area contributed by atoms with Crippen LogP contribution in [0.1, 0.15) is 19.4 Å². The Morgan fingerprint density at radius 3 is 2.85 bits per heavy atom. The minimum Gasteiger partial charge on any atom is -0.493 e. The molecule has 0 saturated heterocycles. The Balaban J connectivity index is 2.63. The predicted molar refractivity (Wildman–Crippen MR) is 51.5 cm³/mol. The Morgan fingerprint density at radius 1 is 1.46 bits per heavy atom. The molecule has 0 saturated carbocycles. The van der Waals surface area contributed by atoms with Gasteiger partial charge in [0, 0.05) is 0 Å². The van der Waals surface area contributed by atoms with Gasteiger partial charge in [-0.25, -0.2) is 0 Å². The second-order valence-corrected chi connectivity index (χ2v) is 3.34. The van der Waals surface area contributed by atoms with Crippen molar-refractivity contribution in [3.05, 3.63) is 29.8 Å². The van der Waals surface area contributed by atoms with E-state index in [4.69, 9.17) is 10.00 Å². The largest absolute Gasteiger partial charge is 0.493 e. The maximum atomic E-state index is 8.63. The standard InChI is InChI=1S/C11H13NO/c1-9(2)8-13-11-5-3-4-10(6-11)7-12/h3-6,9H,8H2,1-2H3. The molecular formula is C11H13NO. The highest BCUT2D eigenvalue weighted by Gasteiger charge is 1.97. The van der Waals surface area contributed by atoms with Gasteiger partial charge in [-0.05, 0) is 24.1 Å². The van der Waals surface area contributed by atoms with E-state index in [2.05, 4.69) is 19.9 Å². The van der Waals surface area contributed by atoms with Crippen molar-refractivity contribution in [2.45, 2.75) is 13.8 Å². The zero-order valence-corrected chi connectivity index (χ0v) is 7.95. The third kappa shape index (κ3) is 3.16. The van der Waals surface area contributed by atoms with Crippen LogP contribution in [0.2, 0.25) is 0 Å². The molecule has 68 valence electrons. The average molecular weight is 175 g/mol. The minimum atomic E-state index is 0.505. The normalized spacial score (nSPS) is 9.69. The second-order valence-electron chi connectivity index (χ2n) is 3.34. The summed E-state index contributed by atoms with van der Waals surface area (Å²) in [5.41, 5.74) is 0.640. The zero-order chi connectivity index (χ0) is 9.68. The van der Waals surface area contributed by atoms with Gasteiger partial charge in [0.2, 0.25) is 0 Å². The molecule has 2 nitrogen and oxygen atoms in total.